The van der Waals surface area contributed by atoms with E-state index in [1.165, 1.54) is 6.26 Å². The summed E-state index contributed by atoms with van der Waals surface area (Å²) in [4.78, 5) is 39.7. The molecule has 2 aromatic rings. The molecule has 7 nitrogen and oxygen atoms in total. The first-order valence-corrected chi connectivity index (χ1v) is 11.1. The molecule has 0 amide bonds. The number of esters is 1. The minimum Gasteiger partial charge on any atom is -0.464 e. The van der Waals surface area contributed by atoms with E-state index in [1.807, 2.05) is 0 Å². The number of dihydropyridines is 1. The predicted octanol–water partition coefficient (Wildman–Crippen LogP) is 3.48. The monoisotopic (exact) mass is 435 g/mol. The van der Waals surface area contributed by atoms with Gasteiger partial charge in [-0.25, -0.2) is 4.79 Å². The molecule has 1 N–H and O–H groups in total. The van der Waals surface area contributed by atoms with Gasteiger partial charge in [0.15, 0.2) is 11.2 Å². The van der Waals surface area contributed by atoms with Crippen molar-refractivity contribution in [2.75, 3.05) is 13.2 Å². The second-order valence-corrected chi connectivity index (χ2v) is 8.52. The van der Waals surface area contributed by atoms with Crippen LogP contribution in [0, 0.1) is 0 Å². The highest BCUT2D eigenvalue weighted by molar-refractivity contribution is 6.04. The standard InChI is InChI=1S/C25H25NO6/c1-14-21(25(29)32-12-15-6-5-11-30-15)22(23-18(26-14)8-4-9-19(23)27)17-13-31-20-10-3-2-7-16(20)24(17)28/h2-3,7,10,13,15,22,26H,4-6,8-9,11-12H2,1H3/t15-,22+/m0/s1. The van der Waals surface area contributed by atoms with E-state index in [1.54, 1.807) is 31.2 Å². The summed E-state index contributed by atoms with van der Waals surface area (Å²) in [6.07, 6.45) is 4.85. The first kappa shape index (κ1) is 20.7. The number of fused-ring (bicyclic) bond motifs is 1. The first-order chi connectivity index (χ1) is 15.5. The minimum atomic E-state index is -0.822. The van der Waals surface area contributed by atoms with Crippen LogP contribution < -0.4 is 10.7 Å². The van der Waals surface area contributed by atoms with Gasteiger partial charge in [0.25, 0.3) is 0 Å². The number of Topliss-reactive ketones (excluding diaryl/α,β-unsaturated/α-hetero) is 1. The van der Waals surface area contributed by atoms with Crippen LogP contribution in [0.15, 0.2) is 62.3 Å². The van der Waals surface area contributed by atoms with E-state index in [4.69, 9.17) is 13.9 Å². The number of rotatable bonds is 4. The van der Waals surface area contributed by atoms with Crippen LogP contribution in [0.2, 0.25) is 0 Å². The van der Waals surface area contributed by atoms with Crippen molar-refractivity contribution in [3.05, 3.63) is 68.9 Å². The van der Waals surface area contributed by atoms with E-state index >= 15 is 0 Å². The van der Waals surface area contributed by atoms with E-state index in [-0.39, 0.29) is 35.1 Å². The largest absolute Gasteiger partial charge is 0.464 e. The van der Waals surface area contributed by atoms with Crippen molar-refractivity contribution in [2.24, 2.45) is 0 Å². The summed E-state index contributed by atoms with van der Waals surface area (Å²) in [7, 11) is 0. The predicted molar refractivity (Wildman–Crippen MR) is 117 cm³/mol. The van der Waals surface area contributed by atoms with Crippen LogP contribution in [0.25, 0.3) is 11.0 Å². The molecule has 2 aliphatic heterocycles. The molecule has 1 aromatic carbocycles. The van der Waals surface area contributed by atoms with Crippen molar-refractivity contribution in [1.82, 2.24) is 5.32 Å². The Hall–Kier alpha value is -3.19. The SMILES string of the molecule is CC1=C(C(=O)OC[C@@H]2CCCO2)[C@@H](c2coc3ccccc3c2=O)C2=C(CCCC2=O)N1. The van der Waals surface area contributed by atoms with Crippen molar-refractivity contribution < 1.29 is 23.5 Å². The maximum Gasteiger partial charge on any atom is 0.336 e. The Morgan fingerprint density at radius 2 is 2.03 bits per heavy atom. The van der Waals surface area contributed by atoms with Crippen LogP contribution in [-0.2, 0) is 19.1 Å². The van der Waals surface area contributed by atoms with Crippen LogP contribution >= 0.6 is 0 Å². The van der Waals surface area contributed by atoms with Gasteiger partial charge in [-0.1, -0.05) is 12.1 Å². The normalized spacial score (nSPS) is 23.3. The Balaban J connectivity index is 1.60. The fraction of sp³-hybridized carbons (Fsp3) is 0.400. The van der Waals surface area contributed by atoms with E-state index in [9.17, 15) is 14.4 Å². The third kappa shape index (κ3) is 3.56. The molecule has 32 heavy (non-hydrogen) atoms. The zero-order chi connectivity index (χ0) is 22.2. The molecule has 166 valence electrons. The van der Waals surface area contributed by atoms with Crippen molar-refractivity contribution in [2.45, 2.75) is 51.0 Å². The molecule has 1 fully saturated rings. The van der Waals surface area contributed by atoms with Crippen molar-refractivity contribution in [3.63, 3.8) is 0 Å². The van der Waals surface area contributed by atoms with Gasteiger partial charge in [-0.15, -0.1) is 0 Å². The molecule has 0 saturated carbocycles. The molecule has 0 radical (unpaired) electrons. The topological polar surface area (TPSA) is 94.8 Å². The minimum absolute atomic E-state index is 0.0618. The third-order valence-corrected chi connectivity index (χ3v) is 6.44. The Bertz CT molecular complexity index is 1210. The molecule has 3 heterocycles. The fourth-order valence-corrected chi connectivity index (χ4v) is 4.88. The van der Waals surface area contributed by atoms with E-state index in [0.29, 0.717) is 41.7 Å². The maximum atomic E-state index is 13.4. The summed E-state index contributed by atoms with van der Waals surface area (Å²) in [6.45, 7) is 2.59. The van der Waals surface area contributed by atoms with Gasteiger partial charge in [0, 0.05) is 35.6 Å². The Morgan fingerprint density at radius 1 is 1.19 bits per heavy atom. The Labute approximate surface area is 185 Å². The van der Waals surface area contributed by atoms with Gasteiger partial charge < -0.3 is 19.2 Å². The molecule has 1 saturated heterocycles. The second kappa shape index (κ2) is 8.39. The molecule has 3 aliphatic rings. The van der Waals surface area contributed by atoms with Crippen molar-refractivity contribution >= 4 is 22.7 Å². The summed E-state index contributed by atoms with van der Waals surface area (Å²) in [5, 5.41) is 3.65. The van der Waals surface area contributed by atoms with Crippen LogP contribution in [-0.4, -0.2) is 31.1 Å². The van der Waals surface area contributed by atoms with Crippen molar-refractivity contribution in [1.29, 1.82) is 0 Å². The lowest BCUT2D eigenvalue weighted by Crippen LogP contribution is -2.36. The molecule has 0 bridgehead atoms. The number of hydrogen-bond donors (Lipinski definition) is 1. The first-order valence-electron chi connectivity index (χ1n) is 11.1. The average molecular weight is 435 g/mol. The van der Waals surface area contributed by atoms with Gasteiger partial charge in [-0.05, 0) is 44.7 Å². The average Bonchev–Trinajstić information content (AvgIpc) is 3.31. The number of carbonyl (C=O) groups excluding carboxylic acids is 2. The highest BCUT2D eigenvalue weighted by Gasteiger charge is 2.41. The summed E-state index contributed by atoms with van der Waals surface area (Å²) >= 11 is 0. The third-order valence-electron chi connectivity index (χ3n) is 6.44. The number of carbonyl (C=O) groups is 2. The molecule has 0 unspecified atom stereocenters. The highest BCUT2D eigenvalue weighted by atomic mass is 16.6. The zero-order valence-electron chi connectivity index (χ0n) is 17.9. The number of benzene rings is 1. The Morgan fingerprint density at radius 3 is 2.84 bits per heavy atom. The van der Waals surface area contributed by atoms with Crippen LogP contribution in [0.3, 0.4) is 0 Å². The number of hydrogen-bond acceptors (Lipinski definition) is 7. The summed E-state index contributed by atoms with van der Waals surface area (Å²) in [5.74, 6) is -1.43. The van der Waals surface area contributed by atoms with Crippen molar-refractivity contribution in [3.8, 4) is 0 Å². The van der Waals surface area contributed by atoms with E-state index in [2.05, 4.69) is 5.32 Å². The van der Waals surface area contributed by atoms with Gasteiger partial charge in [-0.3, -0.25) is 9.59 Å². The maximum absolute atomic E-state index is 13.4. The van der Waals surface area contributed by atoms with Gasteiger partial charge >= 0.3 is 5.97 Å². The summed E-state index contributed by atoms with van der Waals surface area (Å²) in [5.41, 5.74) is 2.59. The van der Waals surface area contributed by atoms with Gasteiger partial charge in [0.2, 0.25) is 0 Å². The molecule has 7 heteroatoms. The number of ether oxygens (including phenoxy) is 2. The van der Waals surface area contributed by atoms with Gasteiger partial charge in [0.05, 0.1) is 29.2 Å². The summed E-state index contributed by atoms with van der Waals surface area (Å²) in [6, 6.07) is 6.96. The zero-order valence-corrected chi connectivity index (χ0v) is 17.9. The second-order valence-electron chi connectivity index (χ2n) is 8.52. The molecular weight excluding hydrogens is 410 g/mol. The molecule has 1 aromatic heterocycles. The number of allylic oxidation sites excluding steroid dienone is 3. The highest BCUT2D eigenvalue weighted by Crippen LogP contribution is 2.42. The number of nitrogens with one attached hydrogen (secondary N) is 1. The quantitative estimate of drug-likeness (QED) is 0.735. The number of para-hydroxylation sites is 1. The molecule has 5 rings (SSSR count). The van der Waals surface area contributed by atoms with Crippen LogP contribution in [0.5, 0.6) is 0 Å². The molecule has 0 spiro atoms. The van der Waals surface area contributed by atoms with Crippen LogP contribution in [0.1, 0.15) is 50.5 Å². The van der Waals surface area contributed by atoms with Gasteiger partial charge in [0.1, 0.15) is 12.2 Å². The number of ketones is 1. The molecular formula is C25H25NO6. The lowest BCUT2D eigenvalue weighted by molar-refractivity contribution is -0.142. The lowest BCUT2D eigenvalue weighted by Gasteiger charge is -2.33. The Kier molecular flexibility index (Phi) is 5.43. The fourth-order valence-electron chi connectivity index (χ4n) is 4.88. The van der Waals surface area contributed by atoms with Gasteiger partial charge in [-0.2, -0.15) is 0 Å². The molecule has 2 atom stereocenters. The van der Waals surface area contributed by atoms with E-state index < -0.39 is 11.9 Å². The lowest BCUT2D eigenvalue weighted by atomic mass is 9.75. The van der Waals surface area contributed by atoms with E-state index in [0.717, 1.165) is 25.0 Å². The summed E-state index contributed by atoms with van der Waals surface area (Å²) < 4.78 is 16.9. The smallest absolute Gasteiger partial charge is 0.336 e. The van der Waals surface area contributed by atoms with Crippen LogP contribution in [0.4, 0.5) is 0 Å². The molecule has 1 aliphatic carbocycles.